The largest absolute Gasteiger partial charge is 0.459 e. The van der Waals surface area contributed by atoms with Gasteiger partial charge in [-0.15, -0.1) is 0 Å². The second-order valence-corrected chi connectivity index (χ2v) is 6.43. The summed E-state index contributed by atoms with van der Waals surface area (Å²) in [5, 5.41) is 0.401. The van der Waals surface area contributed by atoms with Crippen LogP contribution >= 0.6 is 15.9 Å². The predicted octanol–water partition coefficient (Wildman–Crippen LogP) is 5.14. The van der Waals surface area contributed by atoms with Gasteiger partial charge in [0.25, 0.3) is 0 Å². The Morgan fingerprint density at radius 3 is 2.58 bits per heavy atom. The lowest BCUT2D eigenvalue weighted by molar-refractivity contribution is -0.142. The zero-order chi connectivity index (χ0) is 18.9. The third-order valence-corrected chi connectivity index (χ3v) is 4.09. The molecular formula is C18H12BrF3N2O2. The van der Waals surface area contributed by atoms with Crippen molar-refractivity contribution in [3.8, 4) is 11.4 Å². The molecule has 0 saturated carbocycles. The number of carbonyl (C=O) groups is 1. The molecule has 0 aliphatic rings. The summed E-state index contributed by atoms with van der Waals surface area (Å²) in [6, 6.07) is 10.3. The number of esters is 1. The summed E-state index contributed by atoms with van der Waals surface area (Å²) in [7, 11) is 0. The van der Waals surface area contributed by atoms with Crippen molar-refractivity contribution in [2.75, 3.05) is 0 Å². The van der Waals surface area contributed by atoms with Gasteiger partial charge in [0.05, 0.1) is 16.8 Å². The maximum atomic E-state index is 13.0. The zero-order valence-electron chi connectivity index (χ0n) is 13.5. The van der Waals surface area contributed by atoms with E-state index >= 15 is 0 Å². The van der Waals surface area contributed by atoms with Crippen LogP contribution in [0, 0.1) is 0 Å². The lowest BCUT2D eigenvalue weighted by Crippen LogP contribution is -2.07. The molecule has 4 nitrogen and oxygen atoms in total. The SMILES string of the molecule is CC(=O)OCc1nc(-c2cccc(Br)c2)nc2cc(C(F)(F)F)ccc12. The predicted molar refractivity (Wildman–Crippen MR) is 93.1 cm³/mol. The number of alkyl halides is 3. The molecule has 8 heteroatoms. The molecule has 0 amide bonds. The van der Waals surface area contributed by atoms with Crippen LogP contribution in [-0.4, -0.2) is 15.9 Å². The van der Waals surface area contributed by atoms with Crippen LogP contribution in [0.2, 0.25) is 0 Å². The van der Waals surface area contributed by atoms with E-state index in [1.807, 2.05) is 6.07 Å². The molecule has 0 bridgehead atoms. The summed E-state index contributed by atoms with van der Waals surface area (Å²) in [4.78, 5) is 19.8. The van der Waals surface area contributed by atoms with E-state index in [1.54, 1.807) is 18.2 Å². The van der Waals surface area contributed by atoms with E-state index in [0.29, 0.717) is 16.6 Å². The Morgan fingerprint density at radius 2 is 1.92 bits per heavy atom. The fraction of sp³-hybridized carbons (Fsp3) is 0.167. The first-order valence-electron chi connectivity index (χ1n) is 7.51. The van der Waals surface area contributed by atoms with E-state index < -0.39 is 17.7 Å². The molecule has 134 valence electrons. The topological polar surface area (TPSA) is 52.1 Å². The van der Waals surface area contributed by atoms with Gasteiger partial charge in [-0.2, -0.15) is 13.2 Å². The van der Waals surface area contributed by atoms with Gasteiger partial charge in [0.1, 0.15) is 6.61 Å². The number of halogens is 4. The van der Waals surface area contributed by atoms with E-state index in [1.165, 1.54) is 13.0 Å². The molecule has 1 aromatic heterocycles. The first kappa shape index (κ1) is 18.3. The monoisotopic (exact) mass is 424 g/mol. The number of carbonyl (C=O) groups excluding carboxylic acids is 1. The molecule has 0 fully saturated rings. The average molecular weight is 425 g/mol. The molecule has 26 heavy (non-hydrogen) atoms. The van der Waals surface area contributed by atoms with Crippen LogP contribution in [0.5, 0.6) is 0 Å². The molecule has 1 heterocycles. The second-order valence-electron chi connectivity index (χ2n) is 5.51. The number of fused-ring (bicyclic) bond motifs is 1. The number of rotatable bonds is 3. The Kier molecular flexibility index (Phi) is 4.95. The third-order valence-electron chi connectivity index (χ3n) is 3.60. The van der Waals surface area contributed by atoms with Crippen LogP contribution in [0.3, 0.4) is 0 Å². The Hall–Kier alpha value is -2.48. The highest BCUT2D eigenvalue weighted by atomic mass is 79.9. The zero-order valence-corrected chi connectivity index (χ0v) is 15.1. The molecule has 0 unspecified atom stereocenters. The molecule has 3 rings (SSSR count). The summed E-state index contributed by atoms with van der Waals surface area (Å²) in [6.07, 6.45) is -4.48. The van der Waals surface area contributed by atoms with Gasteiger partial charge in [-0.05, 0) is 24.3 Å². The Balaban J connectivity index is 2.20. The van der Waals surface area contributed by atoms with E-state index in [0.717, 1.165) is 16.6 Å². The highest BCUT2D eigenvalue weighted by Crippen LogP contribution is 2.32. The first-order chi connectivity index (χ1) is 12.2. The Labute approximate surface area is 155 Å². The van der Waals surface area contributed by atoms with E-state index in [2.05, 4.69) is 25.9 Å². The van der Waals surface area contributed by atoms with Crippen molar-refractivity contribution in [2.24, 2.45) is 0 Å². The maximum absolute atomic E-state index is 13.0. The summed E-state index contributed by atoms with van der Waals surface area (Å²) in [6.45, 7) is 1.10. The number of ether oxygens (including phenoxy) is 1. The lowest BCUT2D eigenvalue weighted by atomic mass is 10.1. The van der Waals surface area contributed by atoms with Gasteiger partial charge in [0, 0.05) is 22.3 Å². The Morgan fingerprint density at radius 1 is 1.15 bits per heavy atom. The van der Waals surface area contributed by atoms with E-state index in [4.69, 9.17) is 4.74 Å². The minimum Gasteiger partial charge on any atom is -0.459 e. The van der Waals surface area contributed by atoms with Crippen molar-refractivity contribution in [1.82, 2.24) is 9.97 Å². The first-order valence-corrected chi connectivity index (χ1v) is 8.30. The highest BCUT2D eigenvalue weighted by Gasteiger charge is 2.31. The lowest BCUT2D eigenvalue weighted by Gasteiger charge is -2.12. The van der Waals surface area contributed by atoms with Gasteiger partial charge < -0.3 is 4.74 Å². The minimum atomic E-state index is -4.48. The number of aromatic nitrogens is 2. The standard InChI is InChI=1S/C18H12BrF3N2O2/c1-10(25)26-9-16-14-6-5-12(18(20,21)22)8-15(14)23-17(24-16)11-3-2-4-13(19)7-11/h2-8H,9H2,1H3. The molecule has 2 aromatic carbocycles. The third kappa shape index (κ3) is 4.01. The fourth-order valence-corrected chi connectivity index (χ4v) is 2.81. The van der Waals surface area contributed by atoms with E-state index in [-0.39, 0.29) is 17.9 Å². The Bertz CT molecular complexity index is 990. The highest BCUT2D eigenvalue weighted by molar-refractivity contribution is 9.10. The smallest absolute Gasteiger partial charge is 0.416 e. The van der Waals surface area contributed by atoms with Gasteiger partial charge in [-0.3, -0.25) is 4.79 Å². The maximum Gasteiger partial charge on any atom is 0.416 e. The van der Waals surface area contributed by atoms with Crippen LogP contribution in [0.15, 0.2) is 46.9 Å². The van der Waals surface area contributed by atoms with Crippen LogP contribution < -0.4 is 0 Å². The van der Waals surface area contributed by atoms with E-state index in [9.17, 15) is 18.0 Å². The van der Waals surface area contributed by atoms with Crippen molar-refractivity contribution in [3.63, 3.8) is 0 Å². The van der Waals surface area contributed by atoms with Crippen molar-refractivity contribution < 1.29 is 22.7 Å². The van der Waals surface area contributed by atoms with Crippen molar-refractivity contribution >= 4 is 32.8 Å². The van der Waals surface area contributed by atoms with Crippen molar-refractivity contribution in [2.45, 2.75) is 19.7 Å². The van der Waals surface area contributed by atoms with Gasteiger partial charge in [0.15, 0.2) is 5.82 Å². The van der Waals surface area contributed by atoms with Crippen molar-refractivity contribution in [3.05, 3.63) is 58.2 Å². The van der Waals surface area contributed by atoms with Gasteiger partial charge in [-0.25, -0.2) is 9.97 Å². The second kappa shape index (κ2) is 7.03. The minimum absolute atomic E-state index is 0.131. The molecule has 0 saturated heterocycles. The van der Waals surface area contributed by atoms with Crippen LogP contribution in [-0.2, 0) is 22.3 Å². The molecule has 0 N–H and O–H groups in total. The summed E-state index contributed by atoms with van der Waals surface area (Å²) in [5.74, 6) is -0.257. The van der Waals surface area contributed by atoms with Crippen molar-refractivity contribution in [1.29, 1.82) is 0 Å². The molecule has 0 atom stereocenters. The summed E-state index contributed by atoms with van der Waals surface area (Å²) >= 11 is 3.34. The van der Waals surface area contributed by atoms with Crippen LogP contribution in [0.4, 0.5) is 13.2 Å². The molecule has 0 aliphatic heterocycles. The molecular weight excluding hydrogens is 413 g/mol. The van der Waals surface area contributed by atoms with Gasteiger partial charge in [0.2, 0.25) is 0 Å². The molecule has 3 aromatic rings. The number of hydrogen-bond donors (Lipinski definition) is 0. The number of benzene rings is 2. The number of nitrogens with zero attached hydrogens (tertiary/aromatic N) is 2. The quantitative estimate of drug-likeness (QED) is 0.546. The van der Waals surface area contributed by atoms with Crippen LogP contribution in [0.1, 0.15) is 18.2 Å². The number of hydrogen-bond acceptors (Lipinski definition) is 4. The molecule has 0 aliphatic carbocycles. The molecule has 0 spiro atoms. The summed E-state index contributed by atoms with van der Waals surface area (Å²) < 4.78 is 44.9. The normalized spacial score (nSPS) is 11.6. The average Bonchev–Trinajstić information content (AvgIpc) is 2.58. The van der Waals surface area contributed by atoms with Crippen LogP contribution in [0.25, 0.3) is 22.3 Å². The summed E-state index contributed by atoms with van der Waals surface area (Å²) in [5.41, 5.74) is 0.297. The van der Waals surface area contributed by atoms with Gasteiger partial charge >= 0.3 is 12.1 Å². The fourth-order valence-electron chi connectivity index (χ4n) is 2.41. The van der Waals surface area contributed by atoms with Gasteiger partial charge in [-0.1, -0.05) is 34.1 Å². The molecule has 0 radical (unpaired) electrons.